The smallest absolute Gasteiger partial charge is 0.249 e. The summed E-state index contributed by atoms with van der Waals surface area (Å²) in [5, 5.41) is 12.5. The van der Waals surface area contributed by atoms with Gasteiger partial charge in [0.25, 0.3) is 0 Å². The zero-order valence-corrected chi connectivity index (χ0v) is 10.5. The number of aliphatic hydroxyl groups excluding tert-OH is 1. The normalized spacial score (nSPS) is 38.0. The van der Waals surface area contributed by atoms with Crippen LogP contribution in [0.1, 0.15) is 39.0 Å². The maximum absolute atomic E-state index is 11.9. The van der Waals surface area contributed by atoms with Crippen molar-refractivity contribution in [3.8, 4) is 0 Å². The number of amides is 1. The van der Waals surface area contributed by atoms with E-state index in [4.69, 9.17) is 4.74 Å². The lowest BCUT2D eigenvalue weighted by atomic mass is 9.87. The van der Waals surface area contributed by atoms with Crippen LogP contribution in [0.2, 0.25) is 0 Å². The number of aliphatic hydroxyl groups is 1. The third-order valence-corrected chi connectivity index (χ3v) is 3.97. The summed E-state index contributed by atoms with van der Waals surface area (Å²) in [5.41, 5.74) is 0. The maximum atomic E-state index is 11.9. The van der Waals surface area contributed by atoms with Crippen molar-refractivity contribution in [3.63, 3.8) is 0 Å². The van der Waals surface area contributed by atoms with E-state index in [0.717, 1.165) is 32.1 Å². The minimum Gasteiger partial charge on any atom is -0.393 e. The maximum Gasteiger partial charge on any atom is 0.249 e. The van der Waals surface area contributed by atoms with Gasteiger partial charge in [0, 0.05) is 13.2 Å². The number of hydrogen-bond donors (Lipinski definition) is 2. The molecule has 1 amide bonds. The van der Waals surface area contributed by atoms with Crippen molar-refractivity contribution in [1.82, 2.24) is 5.32 Å². The van der Waals surface area contributed by atoms with E-state index in [1.807, 2.05) is 0 Å². The fourth-order valence-corrected chi connectivity index (χ4v) is 2.82. The summed E-state index contributed by atoms with van der Waals surface area (Å²) in [6.07, 6.45) is 4.45. The number of carbonyl (C=O) groups excluding carboxylic acids is 1. The van der Waals surface area contributed by atoms with Crippen molar-refractivity contribution in [3.05, 3.63) is 0 Å². The van der Waals surface area contributed by atoms with Gasteiger partial charge in [-0.3, -0.25) is 4.79 Å². The topological polar surface area (TPSA) is 58.6 Å². The zero-order chi connectivity index (χ0) is 12.3. The summed E-state index contributed by atoms with van der Waals surface area (Å²) >= 11 is 0. The summed E-state index contributed by atoms with van der Waals surface area (Å²) in [5.74, 6) is 0.779. The first-order valence-electron chi connectivity index (χ1n) is 6.74. The minimum absolute atomic E-state index is 0.0232. The van der Waals surface area contributed by atoms with Gasteiger partial charge in [0.1, 0.15) is 6.10 Å². The molecule has 4 nitrogen and oxygen atoms in total. The molecule has 4 heteroatoms. The average Bonchev–Trinajstić information content (AvgIpc) is 2.72. The Morgan fingerprint density at radius 2 is 2.24 bits per heavy atom. The molecule has 2 rings (SSSR count). The number of ether oxygens (including phenoxy) is 1. The van der Waals surface area contributed by atoms with Gasteiger partial charge >= 0.3 is 0 Å². The average molecular weight is 241 g/mol. The van der Waals surface area contributed by atoms with Crippen molar-refractivity contribution in [2.75, 3.05) is 13.2 Å². The van der Waals surface area contributed by atoms with Gasteiger partial charge in [0.05, 0.1) is 6.10 Å². The molecule has 4 atom stereocenters. The Labute approximate surface area is 103 Å². The lowest BCUT2D eigenvalue weighted by Gasteiger charge is -2.26. The van der Waals surface area contributed by atoms with Crippen LogP contribution in [0.15, 0.2) is 0 Å². The highest BCUT2D eigenvalue weighted by atomic mass is 16.5. The highest BCUT2D eigenvalue weighted by molar-refractivity contribution is 5.81. The Balaban J connectivity index is 1.72. The lowest BCUT2D eigenvalue weighted by molar-refractivity contribution is -0.131. The molecule has 1 heterocycles. The van der Waals surface area contributed by atoms with E-state index in [2.05, 4.69) is 12.2 Å². The van der Waals surface area contributed by atoms with Gasteiger partial charge < -0.3 is 15.2 Å². The van der Waals surface area contributed by atoms with Crippen LogP contribution in [0, 0.1) is 11.8 Å². The molecule has 0 bridgehead atoms. The predicted octanol–water partition coefficient (Wildman–Crippen LogP) is 1.08. The van der Waals surface area contributed by atoms with E-state index >= 15 is 0 Å². The summed E-state index contributed by atoms with van der Waals surface area (Å²) in [6, 6.07) is 0. The largest absolute Gasteiger partial charge is 0.393 e. The van der Waals surface area contributed by atoms with Crippen LogP contribution >= 0.6 is 0 Å². The van der Waals surface area contributed by atoms with Gasteiger partial charge in [-0.25, -0.2) is 0 Å². The highest BCUT2D eigenvalue weighted by Gasteiger charge is 2.31. The van der Waals surface area contributed by atoms with Crippen molar-refractivity contribution in [2.24, 2.45) is 11.8 Å². The lowest BCUT2D eigenvalue weighted by Crippen LogP contribution is -2.40. The first-order valence-corrected chi connectivity index (χ1v) is 6.74. The number of hydrogen-bond acceptors (Lipinski definition) is 3. The second-order valence-electron chi connectivity index (χ2n) is 5.49. The fraction of sp³-hybridized carbons (Fsp3) is 0.923. The van der Waals surface area contributed by atoms with Crippen LogP contribution < -0.4 is 5.32 Å². The Bertz CT molecular complexity index is 269. The SMILES string of the molecule is CC1CCOC1C(=O)NCC1CCCC(O)C1. The number of nitrogens with one attached hydrogen (secondary N) is 1. The predicted molar refractivity (Wildman–Crippen MR) is 64.5 cm³/mol. The van der Waals surface area contributed by atoms with Crippen LogP contribution in [0.5, 0.6) is 0 Å². The summed E-state index contributed by atoms with van der Waals surface area (Å²) in [6.45, 7) is 3.44. The molecule has 4 unspecified atom stereocenters. The van der Waals surface area contributed by atoms with E-state index in [1.165, 1.54) is 0 Å². The molecule has 1 saturated heterocycles. The molecule has 0 spiro atoms. The van der Waals surface area contributed by atoms with Gasteiger partial charge in [-0.1, -0.05) is 13.3 Å². The molecule has 17 heavy (non-hydrogen) atoms. The van der Waals surface area contributed by atoms with E-state index in [-0.39, 0.29) is 18.1 Å². The van der Waals surface area contributed by atoms with Gasteiger partial charge in [0.15, 0.2) is 0 Å². The standard InChI is InChI=1S/C13H23NO3/c1-9-5-6-17-12(9)13(16)14-8-10-3-2-4-11(15)7-10/h9-12,15H,2-8H2,1H3,(H,14,16). The molecule has 1 aliphatic carbocycles. The Kier molecular flexibility index (Phi) is 4.40. The van der Waals surface area contributed by atoms with Gasteiger partial charge in [-0.05, 0) is 37.5 Å². The van der Waals surface area contributed by atoms with Crippen molar-refractivity contribution in [2.45, 2.75) is 51.2 Å². The quantitative estimate of drug-likeness (QED) is 0.777. The van der Waals surface area contributed by atoms with E-state index in [1.54, 1.807) is 0 Å². The number of rotatable bonds is 3. The van der Waals surface area contributed by atoms with Crippen LogP contribution in [-0.2, 0) is 9.53 Å². The third-order valence-electron chi connectivity index (χ3n) is 3.97. The number of carbonyl (C=O) groups is 1. The van der Waals surface area contributed by atoms with Crippen molar-refractivity contribution < 1.29 is 14.6 Å². The van der Waals surface area contributed by atoms with Gasteiger partial charge in [-0.15, -0.1) is 0 Å². The second kappa shape index (κ2) is 5.83. The highest BCUT2D eigenvalue weighted by Crippen LogP contribution is 2.24. The molecule has 98 valence electrons. The monoisotopic (exact) mass is 241 g/mol. The molecule has 1 saturated carbocycles. The van der Waals surface area contributed by atoms with Crippen molar-refractivity contribution >= 4 is 5.91 Å². The summed E-state index contributed by atoms with van der Waals surface area (Å²) in [4.78, 5) is 11.9. The third kappa shape index (κ3) is 3.42. The van der Waals surface area contributed by atoms with E-state index in [9.17, 15) is 9.90 Å². The van der Waals surface area contributed by atoms with Crippen LogP contribution in [0.25, 0.3) is 0 Å². The van der Waals surface area contributed by atoms with Crippen LogP contribution in [0.3, 0.4) is 0 Å². The molecule has 1 aliphatic heterocycles. The van der Waals surface area contributed by atoms with E-state index in [0.29, 0.717) is 25.0 Å². The summed E-state index contributed by atoms with van der Waals surface area (Å²) < 4.78 is 5.43. The first kappa shape index (κ1) is 12.8. The Morgan fingerprint density at radius 3 is 2.88 bits per heavy atom. The second-order valence-corrected chi connectivity index (χ2v) is 5.49. The molecule has 0 aromatic rings. The molecule has 0 aromatic heterocycles. The van der Waals surface area contributed by atoms with Gasteiger partial charge in [0.2, 0.25) is 5.91 Å². The first-order chi connectivity index (χ1) is 8.16. The van der Waals surface area contributed by atoms with Crippen molar-refractivity contribution in [1.29, 1.82) is 0 Å². The van der Waals surface area contributed by atoms with E-state index < -0.39 is 0 Å². The Hall–Kier alpha value is -0.610. The molecular weight excluding hydrogens is 218 g/mol. The minimum atomic E-state index is -0.261. The molecule has 0 radical (unpaired) electrons. The van der Waals surface area contributed by atoms with Crippen LogP contribution in [-0.4, -0.2) is 36.4 Å². The molecule has 2 aliphatic rings. The van der Waals surface area contributed by atoms with Gasteiger partial charge in [-0.2, -0.15) is 0 Å². The molecule has 2 fully saturated rings. The zero-order valence-electron chi connectivity index (χ0n) is 10.5. The molecule has 2 N–H and O–H groups in total. The Morgan fingerprint density at radius 1 is 1.41 bits per heavy atom. The fourth-order valence-electron chi connectivity index (χ4n) is 2.82. The van der Waals surface area contributed by atoms with Crippen LogP contribution in [0.4, 0.5) is 0 Å². The summed E-state index contributed by atoms with van der Waals surface area (Å²) in [7, 11) is 0. The molecule has 0 aromatic carbocycles. The molecular formula is C13H23NO3.